The molecule has 0 saturated carbocycles. The molecule has 5 N–H and O–H groups in total. The number of hydrogen-bond donors (Lipinski definition) is 4. The summed E-state index contributed by atoms with van der Waals surface area (Å²) in [6, 6.07) is 22.0. The molecule has 55 heavy (non-hydrogen) atoms. The molecule has 3 heterocycles. The van der Waals surface area contributed by atoms with Crippen molar-refractivity contribution in [3.63, 3.8) is 0 Å². The fourth-order valence-electron chi connectivity index (χ4n) is 8.28. The van der Waals surface area contributed by atoms with Gasteiger partial charge in [-0.15, -0.1) is 5.10 Å². The molecule has 2 amide bonds. The van der Waals surface area contributed by atoms with Crippen LogP contribution in [0.15, 0.2) is 102 Å². The topological polar surface area (TPSA) is 156 Å². The van der Waals surface area contributed by atoms with Crippen LogP contribution in [0.1, 0.15) is 80.1 Å². The molecule has 0 aliphatic carbocycles. The molecule has 0 radical (unpaired) electrons. The van der Waals surface area contributed by atoms with E-state index in [4.69, 9.17) is 10.5 Å². The Morgan fingerprint density at radius 1 is 1.07 bits per heavy atom. The Bertz CT molecular complexity index is 2050. The summed E-state index contributed by atoms with van der Waals surface area (Å²) in [4.78, 5) is 41.9. The number of aliphatic hydroxyl groups excluding tert-OH is 1. The third kappa shape index (κ3) is 8.37. The number of allylic oxidation sites excluding steroid dienone is 3. The molecule has 1 spiro atoms. The molecule has 5 atom stereocenters. The van der Waals surface area contributed by atoms with Crippen molar-refractivity contribution in [3.05, 3.63) is 125 Å². The number of aromatic nitrogens is 3. The van der Waals surface area contributed by atoms with Crippen LogP contribution >= 0.6 is 0 Å². The number of amides is 2. The Hall–Kier alpha value is -4.88. The quantitative estimate of drug-likeness (QED) is 0.0599. The van der Waals surface area contributed by atoms with E-state index >= 15 is 0 Å². The first-order valence-electron chi connectivity index (χ1n) is 19.1. The number of nitrogens with two attached hydrogens (primary N) is 1. The van der Waals surface area contributed by atoms with Gasteiger partial charge in [-0.3, -0.25) is 14.3 Å². The number of nitrogens with one attached hydrogen (secondary N) is 1. The van der Waals surface area contributed by atoms with Gasteiger partial charge in [-0.25, -0.2) is 0 Å². The predicted molar refractivity (Wildman–Crippen MR) is 219 cm³/mol. The molecular formula is C43H54N6O5Si. The fraction of sp³-hybridized carbons (Fsp3) is 0.395. The lowest BCUT2D eigenvalue weighted by Gasteiger charge is -2.32. The Morgan fingerprint density at radius 3 is 2.47 bits per heavy atom. The minimum absolute atomic E-state index is 0.106. The number of anilines is 3. The summed E-state index contributed by atoms with van der Waals surface area (Å²) >= 11 is 0. The van der Waals surface area contributed by atoms with Gasteiger partial charge in [-0.05, 0) is 101 Å². The van der Waals surface area contributed by atoms with Crippen LogP contribution in [0.4, 0.5) is 17.1 Å². The third-order valence-corrected chi connectivity index (χ3v) is 13.6. The lowest BCUT2D eigenvalue weighted by Crippen LogP contribution is -2.46. The summed E-state index contributed by atoms with van der Waals surface area (Å²) in [6.45, 7) is 12.8. The predicted octanol–water partition coefficient (Wildman–Crippen LogP) is 7.16. The van der Waals surface area contributed by atoms with Crippen molar-refractivity contribution in [3.8, 4) is 0 Å². The van der Waals surface area contributed by atoms with Crippen molar-refractivity contribution < 1.29 is 24.2 Å². The minimum atomic E-state index is -2.94. The highest BCUT2D eigenvalue weighted by molar-refractivity contribution is 6.71. The smallest absolute Gasteiger partial charge is 0.264 e. The van der Waals surface area contributed by atoms with E-state index in [1.54, 1.807) is 33.8 Å². The fourth-order valence-corrected chi connectivity index (χ4v) is 10.9. The Morgan fingerprint density at radius 2 is 1.80 bits per heavy atom. The molecule has 11 nitrogen and oxygen atoms in total. The molecule has 1 aromatic heterocycles. The van der Waals surface area contributed by atoms with E-state index < -0.39 is 20.0 Å². The minimum Gasteiger partial charge on any atom is -0.432 e. The average Bonchev–Trinajstić information content (AvgIpc) is 3.80. The normalized spacial score (nSPS) is 21.5. The molecule has 0 bridgehead atoms. The standard InChI is InChI=1S/C43H54N6O5Si/c1-28(2)11-10-12-29(3)21-24-49-38-20-19-34(45-41(51)32-15-17-33(44)18-16-32)25-36(38)43(42(49)52)30(4)40(55(5,6)53)39(54-43)22-23-48-26-37(46-47-48)35(27-50)31-13-8-7-9-14-31/h7-9,11,13-21,25-26,30,35,39-40,50,53H,10,12,22-24,27,44H2,1-6H3,(H,45,51)/b29-21+/t30-,35?,39+,40-,43+/m1/s1. The Kier molecular flexibility index (Phi) is 11.9. The van der Waals surface area contributed by atoms with Crippen LogP contribution in [0, 0.1) is 5.92 Å². The second kappa shape index (κ2) is 16.5. The van der Waals surface area contributed by atoms with Crippen molar-refractivity contribution in [1.29, 1.82) is 0 Å². The van der Waals surface area contributed by atoms with Gasteiger partial charge >= 0.3 is 0 Å². The van der Waals surface area contributed by atoms with Crippen LogP contribution in [0.2, 0.25) is 18.6 Å². The first-order chi connectivity index (χ1) is 26.2. The summed E-state index contributed by atoms with van der Waals surface area (Å²) in [5.41, 5.74) is 11.2. The van der Waals surface area contributed by atoms with Crippen LogP contribution in [-0.2, 0) is 21.7 Å². The van der Waals surface area contributed by atoms with Gasteiger partial charge in [0.15, 0.2) is 13.9 Å². The molecular weight excluding hydrogens is 709 g/mol. The van der Waals surface area contributed by atoms with Gasteiger partial charge in [-0.2, -0.15) is 0 Å². The number of rotatable bonds is 14. The number of nitrogens with zero attached hydrogens (tertiary/aromatic N) is 4. The molecule has 290 valence electrons. The first-order valence-corrected chi connectivity index (χ1v) is 22.1. The molecule has 4 aromatic rings. The van der Waals surface area contributed by atoms with E-state index in [9.17, 15) is 19.5 Å². The summed E-state index contributed by atoms with van der Waals surface area (Å²) in [5, 5.41) is 22.0. The van der Waals surface area contributed by atoms with E-state index in [0.717, 1.165) is 24.1 Å². The van der Waals surface area contributed by atoms with Crippen molar-refractivity contribution >= 4 is 37.2 Å². The van der Waals surface area contributed by atoms with Gasteiger partial charge in [0.05, 0.1) is 30.0 Å². The Balaban J connectivity index is 1.32. The van der Waals surface area contributed by atoms with Gasteiger partial charge < -0.3 is 30.6 Å². The van der Waals surface area contributed by atoms with E-state index in [2.05, 4.69) is 48.6 Å². The van der Waals surface area contributed by atoms with E-state index in [1.165, 1.54) is 11.1 Å². The van der Waals surface area contributed by atoms with Crippen LogP contribution in [0.3, 0.4) is 0 Å². The van der Waals surface area contributed by atoms with E-state index in [-0.39, 0.29) is 35.8 Å². The van der Waals surface area contributed by atoms with Gasteiger partial charge in [0, 0.05) is 53.2 Å². The van der Waals surface area contributed by atoms with Crippen molar-refractivity contribution in [2.45, 2.75) is 89.8 Å². The van der Waals surface area contributed by atoms with Crippen molar-refractivity contribution in [2.75, 3.05) is 29.1 Å². The second-order valence-electron chi connectivity index (χ2n) is 15.8. The summed E-state index contributed by atoms with van der Waals surface area (Å²) in [5.74, 6) is -1.16. The number of fused-ring (bicyclic) bond motifs is 2. The maximum Gasteiger partial charge on any atom is 0.264 e. The van der Waals surface area contributed by atoms with Crippen molar-refractivity contribution in [1.82, 2.24) is 15.0 Å². The summed E-state index contributed by atoms with van der Waals surface area (Å²) < 4.78 is 8.82. The highest BCUT2D eigenvalue weighted by Crippen LogP contribution is 2.60. The SMILES string of the molecule is CC(C)=CCC/C(C)=C/CN1C(=O)[C@@]2(O[C@@H](CCn3cc(C(CO)c4ccccc4)nn3)[C@H]([Si](C)(C)O)[C@H]2C)c2cc(NC(=O)c3ccc(N)cc3)ccc21. The van der Waals surface area contributed by atoms with Gasteiger partial charge in [0.1, 0.15) is 0 Å². The highest BCUT2D eigenvalue weighted by Gasteiger charge is 2.66. The van der Waals surface area contributed by atoms with Crippen LogP contribution in [0.25, 0.3) is 0 Å². The van der Waals surface area contributed by atoms with Gasteiger partial charge in [0.2, 0.25) is 0 Å². The molecule has 1 saturated heterocycles. The van der Waals surface area contributed by atoms with Gasteiger partial charge in [-0.1, -0.05) is 65.8 Å². The first kappa shape index (κ1) is 39.8. The second-order valence-corrected chi connectivity index (χ2v) is 19.8. The zero-order valence-electron chi connectivity index (χ0n) is 32.7. The molecule has 3 aromatic carbocycles. The van der Waals surface area contributed by atoms with Crippen molar-refractivity contribution in [2.24, 2.45) is 5.92 Å². The zero-order chi connectivity index (χ0) is 39.5. The van der Waals surface area contributed by atoms with E-state index in [1.807, 2.05) is 74.7 Å². The zero-order valence-corrected chi connectivity index (χ0v) is 33.7. The molecule has 12 heteroatoms. The van der Waals surface area contributed by atoms with E-state index in [0.29, 0.717) is 47.7 Å². The molecule has 2 aliphatic rings. The Labute approximate surface area is 325 Å². The lowest BCUT2D eigenvalue weighted by molar-refractivity contribution is -0.145. The maximum absolute atomic E-state index is 15.0. The summed E-state index contributed by atoms with van der Waals surface area (Å²) in [6.07, 6.45) is 7.99. The van der Waals surface area contributed by atoms with Crippen LogP contribution < -0.4 is 16.0 Å². The monoisotopic (exact) mass is 762 g/mol. The number of benzene rings is 3. The maximum atomic E-state index is 15.0. The average molecular weight is 763 g/mol. The number of aryl methyl sites for hydroxylation is 1. The number of carbonyl (C=O) groups is 2. The number of hydrogen-bond acceptors (Lipinski definition) is 8. The lowest BCUT2D eigenvalue weighted by atomic mass is 9.82. The summed E-state index contributed by atoms with van der Waals surface area (Å²) in [7, 11) is -2.94. The number of ether oxygens (including phenoxy) is 1. The largest absolute Gasteiger partial charge is 0.432 e. The number of carbonyl (C=O) groups excluding carboxylic acids is 2. The van der Waals surface area contributed by atoms with Crippen LogP contribution in [0.5, 0.6) is 0 Å². The number of nitrogen functional groups attached to an aromatic ring is 1. The molecule has 6 rings (SSSR count). The molecule has 1 unspecified atom stereocenters. The highest BCUT2D eigenvalue weighted by atomic mass is 28.4. The number of aliphatic hydroxyl groups is 1. The van der Waals surface area contributed by atoms with Gasteiger partial charge in [0.25, 0.3) is 11.8 Å². The third-order valence-electron chi connectivity index (χ3n) is 11.1. The molecule has 1 fully saturated rings. The van der Waals surface area contributed by atoms with Crippen LogP contribution in [-0.4, -0.2) is 64.3 Å². The molecule has 2 aliphatic heterocycles.